The average molecular weight is 224 g/mol. The van der Waals surface area contributed by atoms with E-state index in [1.165, 1.54) is 16.8 Å². The number of hydrogen-bond donors (Lipinski definition) is 0. The molecule has 0 aliphatic rings. The number of aromatic nitrogens is 1. The van der Waals surface area contributed by atoms with E-state index in [2.05, 4.69) is 13.8 Å². The van der Waals surface area contributed by atoms with Crippen LogP contribution in [-0.4, -0.2) is 9.49 Å². The minimum Gasteiger partial charge on any atom is -0.309 e. The molecule has 5 nitrogen and oxygen atoms in total. The number of pyridine rings is 1. The highest BCUT2D eigenvalue weighted by atomic mass is 16.6. The lowest BCUT2D eigenvalue weighted by molar-refractivity contribution is -0.385. The predicted molar refractivity (Wildman–Crippen MR) is 61.5 cm³/mol. The molecule has 88 valence electrons. The fourth-order valence-electron chi connectivity index (χ4n) is 1.43. The lowest BCUT2D eigenvalue weighted by Crippen LogP contribution is -2.22. The van der Waals surface area contributed by atoms with Gasteiger partial charge in [0.05, 0.1) is 11.1 Å². The van der Waals surface area contributed by atoms with Crippen molar-refractivity contribution in [2.75, 3.05) is 0 Å². The Morgan fingerprint density at radius 2 is 2.12 bits per heavy atom. The van der Waals surface area contributed by atoms with Crippen LogP contribution in [0, 0.1) is 23.0 Å². The minimum atomic E-state index is -0.474. The van der Waals surface area contributed by atoms with Crippen molar-refractivity contribution in [3.63, 3.8) is 0 Å². The van der Waals surface area contributed by atoms with Crippen LogP contribution in [-0.2, 0) is 6.54 Å². The molecule has 0 aliphatic heterocycles. The summed E-state index contributed by atoms with van der Waals surface area (Å²) in [6.07, 6.45) is 2.15. The van der Waals surface area contributed by atoms with E-state index in [9.17, 15) is 14.9 Å². The fraction of sp³-hybridized carbons (Fsp3) is 0.545. The maximum atomic E-state index is 11.7. The molecule has 16 heavy (non-hydrogen) atoms. The number of rotatable bonds is 4. The topological polar surface area (TPSA) is 65.1 Å². The zero-order chi connectivity index (χ0) is 12.3. The van der Waals surface area contributed by atoms with Gasteiger partial charge in [0, 0.05) is 18.2 Å². The Kier molecular flexibility index (Phi) is 3.82. The summed E-state index contributed by atoms with van der Waals surface area (Å²) in [6.45, 7) is 6.23. The summed E-state index contributed by atoms with van der Waals surface area (Å²) >= 11 is 0. The monoisotopic (exact) mass is 224 g/mol. The lowest BCUT2D eigenvalue weighted by Gasteiger charge is -2.08. The maximum absolute atomic E-state index is 11.7. The molecule has 0 aliphatic carbocycles. The third-order valence-corrected chi connectivity index (χ3v) is 2.41. The van der Waals surface area contributed by atoms with E-state index < -0.39 is 4.92 Å². The Morgan fingerprint density at radius 1 is 1.50 bits per heavy atom. The van der Waals surface area contributed by atoms with Crippen LogP contribution in [0.5, 0.6) is 0 Å². The molecular weight excluding hydrogens is 208 g/mol. The molecule has 5 heteroatoms. The van der Waals surface area contributed by atoms with Gasteiger partial charge in [-0.3, -0.25) is 14.9 Å². The quantitative estimate of drug-likeness (QED) is 0.581. The van der Waals surface area contributed by atoms with Crippen molar-refractivity contribution in [2.24, 2.45) is 5.92 Å². The Balaban J connectivity index is 3.07. The van der Waals surface area contributed by atoms with E-state index in [0.29, 0.717) is 18.0 Å². The van der Waals surface area contributed by atoms with E-state index in [1.54, 1.807) is 6.92 Å². The van der Waals surface area contributed by atoms with Crippen molar-refractivity contribution < 1.29 is 4.92 Å². The second kappa shape index (κ2) is 4.92. The Morgan fingerprint density at radius 3 is 2.62 bits per heavy atom. The van der Waals surface area contributed by atoms with Crippen LogP contribution in [0.3, 0.4) is 0 Å². The summed E-state index contributed by atoms with van der Waals surface area (Å²) in [4.78, 5) is 21.9. The molecular formula is C11H16N2O3. The van der Waals surface area contributed by atoms with Gasteiger partial charge in [-0.25, -0.2) is 0 Å². The van der Waals surface area contributed by atoms with Gasteiger partial charge in [-0.05, 0) is 19.3 Å². The van der Waals surface area contributed by atoms with E-state index >= 15 is 0 Å². The van der Waals surface area contributed by atoms with E-state index in [4.69, 9.17) is 0 Å². The van der Waals surface area contributed by atoms with Crippen LogP contribution >= 0.6 is 0 Å². The first kappa shape index (κ1) is 12.4. The van der Waals surface area contributed by atoms with Gasteiger partial charge >= 0.3 is 0 Å². The number of nitro groups is 1. The molecule has 0 radical (unpaired) electrons. The Labute approximate surface area is 93.9 Å². The largest absolute Gasteiger partial charge is 0.309 e. The van der Waals surface area contributed by atoms with Crippen molar-refractivity contribution in [1.82, 2.24) is 4.57 Å². The highest BCUT2D eigenvalue weighted by Gasteiger charge is 2.11. The second-order valence-electron chi connectivity index (χ2n) is 4.32. The summed E-state index contributed by atoms with van der Waals surface area (Å²) < 4.78 is 1.42. The molecule has 0 unspecified atom stereocenters. The second-order valence-corrected chi connectivity index (χ2v) is 4.32. The zero-order valence-electron chi connectivity index (χ0n) is 9.77. The third-order valence-electron chi connectivity index (χ3n) is 2.41. The van der Waals surface area contributed by atoms with Crippen molar-refractivity contribution in [3.8, 4) is 0 Å². The van der Waals surface area contributed by atoms with E-state index in [-0.39, 0.29) is 11.2 Å². The average Bonchev–Trinajstić information content (AvgIpc) is 2.19. The van der Waals surface area contributed by atoms with Crippen molar-refractivity contribution in [2.45, 2.75) is 33.7 Å². The molecule has 0 N–H and O–H groups in total. The van der Waals surface area contributed by atoms with Gasteiger partial charge in [0.2, 0.25) is 0 Å². The van der Waals surface area contributed by atoms with Crippen LogP contribution in [0.1, 0.15) is 25.8 Å². The van der Waals surface area contributed by atoms with Gasteiger partial charge in [0.15, 0.2) is 0 Å². The molecule has 0 amide bonds. The normalized spacial score (nSPS) is 10.8. The first-order valence-electron chi connectivity index (χ1n) is 5.27. The van der Waals surface area contributed by atoms with E-state index in [0.717, 1.165) is 6.42 Å². The van der Waals surface area contributed by atoms with Gasteiger partial charge in [-0.15, -0.1) is 0 Å². The Hall–Kier alpha value is -1.65. The number of hydrogen-bond acceptors (Lipinski definition) is 3. The summed E-state index contributed by atoms with van der Waals surface area (Å²) in [7, 11) is 0. The molecule has 1 rings (SSSR count). The zero-order valence-corrected chi connectivity index (χ0v) is 9.77. The fourth-order valence-corrected chi connectivity index (χ4v) is 1.43. The van der Waals surface area contributed by atoms with Gasteiger partial charge in [0.1, 0.15) is 0 Å². The van der Waals surface area contributed by atoms with Gasteiger partial charge in [0.25, 0.3) is 11.2 Å². The highest BCUT2D eigenvalue weighted by Crippen LogP contribution is 2.10. The summed E-state index contributed by atoms with van der Waals surface area (Å²) in [5, 5.41) is 10.6. The molecule has 0 spiro atoms. The molecule has 1 aromatic rings. The van der Waals surface area contributed by atoms with Crippen molar-refractivity contribution in [1.29, 1.82) is 0 Å². The molecule has 0 bridgehead atoms. The predicted octanol–water partition coefficient (Wildman–Crippen LogP) is 2.11. The number of nitrogens with zero attached hydrogens (tertiary/aromatic N) is 2. The van der Waals surface area contributed by atoms with E-state index in [1.807, 2.05) is 0 Å². The van der Waals surface area contributed by atoms with Gasteiger partial charge in [-0.2, -0.15) is 0 Å². The van der Waals surface area contributed by atoms with Gasteiger partial charge in [-0.1, -0.05) is 13.8 Å². The van der Waals surface area contributed by atoms with Crippen LogP contribution < -0.4 is 5.56 Å². The first-order valence-corrected chi connectivity index (χ1v) is 5.27. The highest BCUT2D eigenvalue weighted by molar-refractivity contribution is 5.30. The van der Waals surface area contributed by atoms with Crippen molar-refractivity contribution >= 4 is 5.69 Å². The maximum Gasteiger partial charge on any atom is 0.286 e. The molecule has 0 saturated carbocycles. The van der Waals surface area contributed by atoms with Crippen LogP contribution in [0.15, 0.2) is 17.1 Å². The smallest absolute Gasteiger partial charge is 0.286 e. The molecule has 1 aromatic heterocycles. The summed E-state index contributed by atoms with van der Waals surface area (Å²) in [5.41, 5.74) is 0.241. The van der Waals surface area contributed by atoms with Gasteiger partial charge < -0.3 is 4.57 Å². The molecule has 0 aromatic carbocycles. The summed E-state index contributed by atoms with van der Waals surface area (Å²) in [5.74, 6) is 0.464. The standard InChI is InChI=1S/C11H16N2O3/c1-8(2)4-5-12-7-10(13(15)16)6-9(3)11(12)14/h6-8H,4-5H2,1-3H3. The number of aryl methyl sites for hydroxylation is 2. The molecule has 0 atom stereocenters. The minimum absolute atomic E-state index is 0.0270. The molecule has 0 fully saturated rings. The van der Waals surface area contributed by atoms with Crippen LogP contribution in [0.2, 0.25) is 0 Å². The third kappa shape index (κ3) is 2.92. The SMILES string of the molecule is Cc1cc([N+](=O)[O-])cn(CCC(C)C)c1=O. The summed E-state index contributed by atoms with van der Waals surface area (Å²) in [6, 6.07) is 1.31. The van der Waals surface area contributed by atoms with Crippen LogP contribution in [0.4, 0.5) is 5.69 Å². The lowest BCUT2D eigenvalue weighted by atomic mass is 10.1. The van der Waals surface area contributed by atoms with Crippen molar-refractivity contribution in [3.05, 3.63) is 38.3 Å². The molecule has 0 saturated heterocycles. The molecule has 1 heterocycles. The first-order chi connectivity index (χ1) is 7.41. The Bertz CT molecular complexity index is 449. The van der Waals surface area contributed by atoms with Crippen LogP contribution in [0.25, 0.3) is 0 Å².